The molecule has 1 aromatic carbocycles. The van der Waals surface area contributed by atoms with Crippen molar-refractivity contribution < 1.29 is 0 Å². The van der Waals surface area contributed by atoms with Gasteiger partial charge in [0.05, 0.1) is 22.1 Å². The highest BCUT2D eigenvalue weighted by molar-refractivity contribution is 9.10. The Morgan fingerprint density at radius 3 is 2.60 bits per heavy atom. The van der Waals surface area contributed by atoms with E-state index in [0.717, 1.165) is 27.2 Å². The zero-order valence-corrected chi connectivity index (χ0v) is 12.6. The molecule has 0 amide bonds. The average molecular weight is 332 g/mol. The lowest BCUT2D eigenvalue weighted by molar-refractivity contribution is 0.756. The van der Waals surface area contributed by atoms with Crippen molar-refractivity contribution in [2.45, 2.75) is 13.5 Å². The lowest BCUT2D eigenvalue weighted by atomic mass is 10.2. The lowest BCUT2D eigenvalue weighted by Crippen LogP contribution is -2.09. The van der Waals surface area contributed by atoms with Crippen LogP contribution in [0.1, 0.15) is 11.3 Å². The van der Waals surface area contributed by atoms with Gasteiger partial charge in [-0.15, -0.1) is 0 Å². The molecule has 0 atom stereocenters. The van der Waals surface area contributed by atoms with Gasteiger partial charge in [0.15, 0.2) is 5.82 Å². The number of halogens is 1. The van der Waals surface area contributed by atoms with Crippen molar-refractivity contribution in [3.63, 3.8) is 0 Å². The molecule has 0 aliphatic rings. The van der Waals surface area contributed by atoms with E-state index in [-0.39, 0.29) is 0 Å². The molecule has 5 nitrogen and oxygen atoms in total. The van der Waals surface area contributed by atoms with Crippen LogP contribution in [0.5, 0.6) is 0 Å². The summed E-state index contributed by atoms with van der Waals surface area (Å²) in [4.78, 5) is 0. The molecule has 0 unspecified atom stereocenters. The monoisotopic (exact) mass is 331 g/mol. The SMILES string of the molecule is Cc1nn(-c2ccccc2)c(-n2cc(Br)cn2)c1CN. The third kappa shape index (κ3) is 2.17. The van der Waals surface area contributed by atoms with E-state index in [9.17, 15) is 0 Å². The van der Waals surface area contributed by atoms with Crippen LogP contribution in [0.4, 0.5) is 0 Å². The molecule has 20 heavy (non-hydrogen) atoms. The van der Waals surface area contributed by atoms with Gasteiger partial charge in [0.1, 0.15) is 0 Å². The fourth-order valence-corrected chi connectivity index (χ4v) is 2.47. The highest BCUT2D eigenvalue weighted by Gasteiger charge is 2.17. The van der Waals surface area contributed by atoms with Crippen LogP contribution in [0, 0.1) is 6.92 Å². The molecule has 6 heteroatoms. The number of hydrogen-bond acceptors (Lipinski definition) is 3. The van der Waals surface area contributed by atoms with Crippen LogP contribution >= 0.6 is 15.9 Å². The Labute approximate surface area is 125 Å². The minimum Gasteiger partial charge on any atom is -0.326 e. The van der Waals surface area contributed by atoms with E-state index >= 15 is 0 Å². The van der Waals surface area contributed by atoms with E-state index in [2.05, 4.69) is 26.1 Å². The lowest BCUT2D eigenvalue weighted by Gasteiger charge is -2.08. The summed E-state index contributed by atoms with van der Waals surface area (Å²) >= 11 is 3.42. The van der Waals surface area contributed by atoms with E-state index < -0.39 is 0 Å². The van der Waals surface area contributed by atoms with E-state index in [1.54, 1.807) is 10.9 Å². The normalized spacial score (nSPS) is 10.9. The molecule has 0 aliphatic carbocycles. The van der Waals surface area contributed by atoms with Gasteiger partial charge in [-0.25, -0.2) is 9.36 Å². The summed E-state index contributed by atoms with van der Waals surface area (Å²) < 4.78 is 4.58. The van der Waals surface area contributed by atoms with Crippen molar-refractivity contribution in [1.29, 1.82) is 0 Å². The second kappa shape index (κ2) is 5.22. The smallest absolute Gasteiger partial charge is 0.161 e. The Morgan fingerprint density at radius 1 is 1.25 bits per heavy atom. The first-order chi connectivity index (χ1) is 9.70. The third-order valence-corrected chi connectivity index (χ3v) is 3.54. The Kier molecular flexibility index (Phi) is 3.42. The number of aryl methyl sites for hydroxylation is 1. The van der Waals surface area contributed by atoms with E-state index in [1.165, 1.54) is 0 Å². The minimum absolute atomic E-state index is 0.422. The predicted octanol–water partition coefficient (Wildman–Crippen LogP) is 2.59. The van der Waals surface area contributed by atoms with Crippen LogP contribution in [-0.2, 0) is 6.54 Å². The minimum atomic E-state index is 0.422. The van der Waals surface area contributed by atoms with Crippen molar-refractivity contribution in [1.82, 2.24) is 19.6 Å². The summed E-state index contributed by atoms with van der Waals surface area (Å²) in [5.74, 6) is 0.877. The molecular formula is C14H14BrN5. The number of hydrogen-bond donors (Lipinski definition) is 1. The molecule has 3 rings (SSSR count). The molecule has 0 bridgehead atoms. The number of para-hydroxylation sites is 1. The first-order valence-corrected chi connectivity index (χ1v) is 7.04. The molecule has 2 N–H and O–H groups in total. The van der Waals surface area contributed by atoms with Gasteiger partial charge in [0.2, 0.25) is 0 Å². The second-order valence-electron chi connectivity index (χ2n) is 4.44. The summed E-state index contributed by atoms with van der Waals surface area (Å²) in [6, 6.07) is 9.96. The number of rotatable bonds is 3. The van der Waals surface area contributed by atoms with Gasteiger partial charge < -0.3 is 5.73 Å². The molecule has 0 fully saturated rings. The summed E-state index contributed by atoms with van der Waals surface area (Å²) in [5.41, 5.74) is 8.77. The third-order valence-electron chi connectivity index (χ3n) is 3.13. The fourth-order valence-electron chi connectivity index (χ4n) is 2.19. The highest BCUT2D eigenvalue weighted by atomic mass is 79.9. The quantitative estimate of drug-likeness (QED) is 0.802. The molecule has 0 saturated carbocycles. The van der Waals surface area contributed by atoms with Crippen molar-refractivity contribution in [2.75, 3.05) is 0 Å². The molecule has 3 aromatic rings. The number of nitrogens with two attached hydrogens (primary N) is 1. The van der Waals surface area contributed by atoms with Crippen LogP contribution in [-0.4, -0.2) is 19.6 Å². The van der Waals surface area contributed by atoms with Crippen LogP contribution < -0.4 is 5.73 Å². The first-order valence-electron chi connectivity index (χ1n) is 6.25. The van der Waals surface area contributed by atoms with Gasteiger partial charge in [-0.1, -0.05) is 18.2 Å². The molecular weight excluding hydrogens is 318 g/mol. The Balaban J connectivity index is 2.25. The van der Waals surface area contributed by atoms with E-state index in [4.69, 9.17) is 5.73 Å². The van der Waals surface area contributed by atoms with Crippen molar-refractivity contribution in [3.05, 3.63) is 58.5 Å². The van der Waals surface area contributed by atoms with Crippen molar-refractivity contribution in [3.8, 4) is 11.5 Å². The predicted molar refractivity (Wildman–Crippen MR) is 81.0 cm³/mol. The molecule has 0 radical (unpaired) electrons. The van der Waals surface area contributed by atoms with Gasteiger partial charge in [-0.3, -0.25) is 0 Å². The zero-order chi connectivity index (χ0) is 14.1. The van der Waals surface area contributed by atoms with Gasteiger partial charge in [0, 0.05) is 18.3 Å². The highest BCUT2D eigenvalue weighted by Crippen LogP contribution is 2.23. The summed E-state index contributed by atoms with van der Waals surface area (Å²) in [6.07, 6.45) is 3.65. The fraction of sp³-hybridized carbons (Fsp3) is 0.143. The summed E-state index contributed by atoms with van der Waals surface area (Å²) in [6.45, 7) is 2.38. The van der Waals surface area contributed by atoms with Gasteiger partial charge >= 0.3 is 0 Å². The van der Waals surface area contributed by atoms with Crippen LogP contribution in [0.25, 0.3) is 11.5 Å². The number of aromatic nitrogens is 4. The Hall–Kier alpha value is -1.92. The molecule has 2 aromatic heterocycles. The van der Waals surface area contributed by atoms with Crippen LogP contribution in [0.2, 0.25) is 0 Å². The van der Waals surface area contributed by atoms with Gasteiger partial charge in [0.25, 0.3) is 0 Å². The number of nitrogens with zero attached hydrogens (tertiary/aromatic N) is 4. The maximum atomic E-state index is 5.88. The van der Waals surface area contributed by atoms with Crippen molar-refractivity contribution >= 4 is 15.9 Å². The Bertz CT molecular complexity index is 729. The van der Waals surface area contributed by atoms with E-state index in [0.29, 0.717) is 6.54 Å². The largest absolute Gasteiger partial charge is 0.326 e. The maximum Gasteiger partial charge on any atom is 0.161 e. The Morgan fingerprint density at radius 2 is 2.00 bits per heavy atom. The molecule has 0 spiro atoms. The summed E-state index contributed by atoms with van der Waals surface area (Å²) in [5, 5.41) is 8.95. The van der Waals surface area contributed by atoms with Gasteiger partial charge in [-0.05, 0) is 35.0 Å². The van der Waals surface area contributed by atoms with Gasteiger partial charge in [-0.2, -0.15) is 10.2 Å². The topological polar surface area (TPSA) is 61.7 Å². The van der Waals surface area contributed by atoms with Crippen molar-refractivity contribution in [2.24, 2.45) is 5.73 Å². The average Bonchev–Trinajstić information content (AvgIpc) is 3.03. The first kappa shape index (κ1) is 13.1. The second-order valence-corrected chi connectivity index (χ2v) is 5.36. The van der Waals surface area contributed by atoms with E-state index in [1.807, 2.05) is 48.1 Å². The maximum absolute atomic E-state index is 5.88. The molecule has 2 heterocycles. The molecule has 102 valence electrons. The van der Waals surface area contributed by atoms with Crippen LogP contribution in [0.3, 0.4) is 0 Å². The zero-order valence-electron chi connectivity index (χ0n) is 11.0. The summed E-state index contributed by atoms with van der Waals surface area (Å²) in [7, 11) is 0. The van der Waals surface area contributed by atoms with Crippen LogP contribution in [0.15, 0.2) is 47.2 Å². The standard InChI is InChI=1S/C14H14BrN5/c1-10-13(7-16)14(19-9-11(15)8-17-19)20(18-10)12-5-3-2-4-6-12/h2-6,8-9H,7,16H2,1H3. The molecule has 0 aliphatic heterocycles. The number of benzene rings is 1. The molecule has 0 saturated heterocycles.